The maximum atomic E-state index is 13.2. The number of likely N-dealkylation sites (tertiary alicyclic amines) is 1. The molecular weight excluding hydrogens is 448 g/mol. The van der Waals surface area contributed by atoms with E-state index >= 15 is 0 Å². The lowest BCUT2D eigenvalue weighted by atomic mass is 9.94. The minimum Gasteiger partial charge on any atom is -0.508 e. The quantitative estimate of drug-likeness (QED) is 0.357. The van der Waals surface area contributed by atoms with Gasteiger partial charge in [0.05, 0.1) is 30.9 Å². The fourth-order valence-corrected chi connectivity index (χ4v) is 4.53. The molecule has 1 unspecified atom stereocenters. The van der Waals surface area contributed by atoms with Crippen LogP contribution in [0.5, 0.6) is 11.5 Å². The highest BCUT2D eigenvalue weighted by atomic mass is 16.5. The highest BCUT2D eigenvalue weighted by Crippen LogP contribution is 2.40. The zero-order valence-corrected chi connectivity index (χ0v) is 20.4. The third kappa shape index (κ3) is 5.33. The smallest absolute Gasteiger partial charge is 0.295 e. The fourth-order valence-electron chi connectivity index (χ4n) is 4.53. The number of amides is 1. The number of aliphatic hydroxyl groups excluding tert-OH is 1. The molecule has 2 aromatic carbocycles. The van der Waals surface area contributed by atoms with Crippen LogP contribution in [0.2, 0.25) is 0 Å². The van der Waals surface area contributed by atoms with Crippen LogP contribution in [0.3, 0.4) is 0 Å². The fraction of sp³-hybridized carbons (Fsp3) is 0.407. The molecule has 0 radical (unpaired) electrons. The first-order chi connectivity index (χ1) is 16.8. The summed E-state index contributed by atoms with van der Waals surface area (Å²) in [4.78, 5) is 30.0. The van der Waals surface area contributed by atoms with Crippen LogP contribution in [0.25, 0.3) is 5.76 Å². The molecule has 2 N–H and O–H groups in total. The molecule has 0 aromatic heterocycles. The molecule has 0 bridgehead atoms. The molecule has 4 rings (SSSR count). The van der Waals surface area contributed by atoms with Gasteiger partial charge < -0.3 is 24.6 Å². The first-order valence-corrected chi connectivity index (χ1v) is 11.9. The summed E-state index contributed by atoms with van der Waals surface area (Å²) in [7, 11) is 0. The summed E-state index contributed by atoms with van der Waals surface area (Å²) < 4.78 is 11.2. The summed E-state index contributed by atoms with van der Waals surface area (Å²) in [6, 6.07) is 10.8. The maximum Gasteiger partial charge on any atom is 0.295 e. The SMILES string of the molecule is Cc1cc(/C(O)=C2\C(=O)C(=O)N(CCN3CCOCC3)C2c2ccc(O)cc2)ccc1OC(C)C. The first-order valence-electron chi connectivity index (χ1n) is 11.9. The number of rotatable bonds is 7. The molecule has 0 saturated carbocycles. The molecule has 8 heteroatoms. The average Bonchev–Trinajstić information content (AvgIpc) is 3.09. The van der Waals surface area contributed by atoms with Crippen LogP contribution < -0.4 is 4.74 Å². The molecule has 0 spiro atoms. The van der Waals surface area contributed by atoms with E-state index in [1.165, 1.54) is 17.0 Å². The summed E-state index contributed by atoms with van der Waals surface area (Å²) in [5, 5.41) is 21.1. The van der Waals surface area contributed by atoms with Crippen LogP contribution in [0.1, 0.15) is 36.6 Å². The van der Waals surface area contributed by atoms with Gasteiger partial charge in [-0.1, -0.05) is 12.1 Å². The van der Waals surface area contributed by atoms with E-state index in [0.29, 0.717) is 43.2 Å². The second kappa shape index (κ2) is 10.5. The Balaban J connectivity index is 1.72. The second-order valence-electron chi connectivity index (χ2n) is 9.18. The van der Waals surface area contributed by atoms with Crippen LogP contribution in [0, 0.1) is 6.92 Å². The predicted molar refractivity (Wildman–Crippen MR) is 131 cm³/mol. The minimum atomic E-state index is -0.761. The van der Waals surface area contributed by atoms with Gasteiger partial charge in [-0.05, 0) is 62.2 Å². The van der Waals surface area contributed by atoms with E-state index < -0.39 is 17.7 Å². The van der Waals surface area contributed by atoms with Gasteiger partial charge in [0.2, 0.25) is 0 Å². The van der Waals surface area contributed by atoms with Crippen molar-refractivity contribution in [2.24, 2.45) is 0 Å². The molecule has 1 amide bonds. The number of aromatic hydroxyl groups is 1. The van der Waals surface area contributed by atoms with Gasteiger partial charge in [0, 0.05) is 31.7 Å². The van der Waals surface area contributed by atoms with E-state index in [9.17, 15) is 19.8 Å². The molecule has 8 nitrogen and oxygen atoms in total. The lowest BCUT2D eigenvalue weighted by Gasteiger charge is -2.31. The van der Waals surface area contributed by atoms with Crippen LogP contribution in [-0.4, -0.2) is 77.2 Å². The lowest BCUT2D eigenvalue weighted by molar-refractivity contribution is -0.140. The van der Waals surface area contributed by atoms with Gasteiger partial charge in [0.25, 0.3) is 11.7 Å². The zero-order chi connectivity index (χ0) is 25.1. The molecule has 2 saturated heterocycles. The van der Waals surface area contributed by atoms with E-state index in [-0.39, 0.29) is 23.2 Å². The van der Waals surface area contributed by atoms with Crippen molar-refractivity contribution in [3.8, 4) is 11.5 Å². The molecule has 2 aliphatic heterocycles. The van der Waals surface area contributed by atoms with Crippen molar-refractivity contribution >= 4 is 17.4 Å². The zero-order valence-electron chi connectivity index (χ0n) is 20.4. The number of hydrogen-bond acceptors (Lipinski definition) is 7. The first kappa shape index (κ1) is 24.8. The molecule has 2 fully saturated rings. The summed E-state index contributed by atoms with van der Waals surface area (Å²) in [6.45, 7) is 9.44. The monoisotopic (exact) mass is 480 g/mol. The van der Waals surface area contributed by atoms with Crippen LogP contribution in [0.4, 0.5) is 0 Å². The Hall–Kier alpha value is -3.36. The molecular formula is C27H32N2O6. The summed E-state index contributed by atoms with van der Waals surface area (Å²) in [5.41, 5.74) is 1.93. The minimum absolute atomic E-state index is 0.000524. The molecule has 2 aromatic rings. The Labute approximate surface area is 205 Å². The predicted octanol–water partition coefficient (Wildman–Crippen LogP) is 3.24. The number of carbonyl (C=O) groups excluding carboxylic acids is 2. The van der Waals surface area contributed by atoms with Gasteiger partial charge in [0.15, 0.2) is 0 Å². The van der Waals surface area contributed by atoms with Gasteiger partial charge in [-0.15, -0.1) is 0 Å². The Kier molecular flexibility index (Phi) is 7.42. The van der Waals surface area contributed by atoms with Crippen molar-refractivity contribution in [2.45, 2.75) is 32.9 Å². The molecule has 35 heavy (non-hydrogen) atoms. The number of morpholine rings is 1. The molecule has 186 valence electrons. The van der Waals surface area contributed by atoms with E-state index in [1.54, 1.807) is 30.3 Å². The molecule has 2 heterocycles. The molecule has 2 aliphatic rings. The van der Waals surface area contributed by atoms with Gasteiger partial charge >= 0.3 is 0 Å². The van der Waals surface area contributed by atoms with Crippen LogP contribution in [-0.2, 0) is 14.3 Å². The van der Waals surface area contributed by atoms with Crippen LogP contribution >= 0.6 is 0 Å². The Morgan fingerprint density at radius 2 is 1.77 bits per heavy atom. The average molecular weight is 481 g/mol. The number of nitrogens with zero attached hydrogens (tertiary/aromatic N) is 2. The number of aryl methyl sites for hydroxylation is 1. The van der Waals surface area contributed by atoms with Gasteiger partial charge in [-0.25, -0.2) is 0 Å². The highest BCUT2D eigenvalue weighted by molar-refractivity contribution is 6.46. The van der Waals surface area contributed by atoms with E-state index in [1.807, 2.05) is 20.8 Å². The lowest BCUT2D eigenvalue weighted by Crippen LogP contribution is -2.42. The number of hydrogen-bond donors (Lipinski definition) is 2. The third-order valence-electron chi connectivity index (χ3n) is 6.32. The third-order valence-corrected chi connectivity index (χ3v) is 6.32. The number of Topliss-reactive ketones (excluding diaryl/α,β-unsaturated/α-hetero) is 1. The number of ether oxygens (including phenoxy) is 2. The van der Waals surface area contributed by atoms with Crippen molar-refractivity contribution in [3.63, 3.8) is 0 Å². The van der Waals surface area contributed by atoms with Gasteiger partial charge in [-0.2, -0.15) is 0 Å². The van der Waals surface area contributed by atoms with Crippen molar-refractivity contribution in [1.82, 2.24) is 9.80 Å². The van der Waals surface area contributed by atoms with Crippen molar-refractivity contribution in [2.75, 3.05) is 39.4 Å². The molecule has 0 aliphatic carbocycles. The van der Waals surface area contributed by atoms with Gasteiger partial charge in [0.1, 0.15) is 17.3 Å². The van der Waals surface area contributed by atoms with E-state index in [2.05, 4.69) is 4.90 Å². The number of carbonyl (C=O) groups is 2. The molecule has 1 atom stereocenters. The summed E-state index contributed by atoms with van der Waals surface area (Å²) in [5.74, 6) is -0.820. The van der Waals surface area contributed by atoms with Gasteiger partial charge in [-0.3, -0.25) is 14.5 Å². The normalized spacial score (nSPS) is 20.6. The second-order valence-corrected chi connectivity index (χ2v) is 9.18. The largest absolute Gasteiger partial charge is 0.508 e. The summed E-state index contributed by atoms with van der Waals surface area (Å²) in [6.07, 6.45) is -0.000524. The number of benzene rings is 2. The Bertz CT molecular complexity index is 1120. The van der Waals surface area contributed by atoms with E-state index in [0.717, 1.165) is 18.7 Å². The number of ketones is 1. The highest BCUT2D eigenvalue weighted by Gasteiger charge is 2.46. The standard InChI is InChI=1S/C27H32N2O6/c1-17(2)35-22-9-6-20(16-18(22)3)25(31)23-24(19-4-7-21(30)8-5-19)29(27(33)26(23)32)11-10-28-12-14-34-15-13-28/h4-9,16-17,24,30-31H,10-15H2,1-3H3/b25-23+. The number of phenols is 1. The van der Waals surface area contributed by atoms with Crippen LogP contribution in [0.15, 0.2) is 48.0 Å². The summed E-state index contributed by atoms with van der Waals surface area (Å²) >= 11 is 0. The number of aliphatic hydroxyl groups is 1. The van der Waals surface area contributed by atoms with E-state index in [4.69, 9.17) is 9.47 Å². The van der Waals surface area contributed by atoms with Crippen molar-refractivity contribution in [1.29, 1.82) is 0 Å². The van der Waals surface area contributed by atoms with Crippen molar-refractivity contribution in [3.05, 3.63) is 64.7 Å². The Morgan fingerprint density at radius 3 is 2.40 bits per heavy atom. The Morgan fingerprint density at radius 1 is 1.09 bits per heavy atom. The number of phenolic OH excluding ortho intramolecular Hbond substituents is 1. The van der Waals surface area contributed by atoms with Crippen molar-refractivity contribution < 1.29 is 29.3 Å². The topological polar surface area (TPSA) is 99.5 Å². The maximum absolute atomic E-state index is 13.2.